The Morgan fingerprint density at radius 2 is 1.75 bits per heavy atom. The molecule has 1 atom stereocenters. The second kappa shape index (κ2) is 5.08. The van der Waals surface area contributed by atoms with E-state index in [9.17, 15) is 5.26 Å². The zero-order valence-corrected chi connectivity index (χ0v) is 10.4. The van der Waals surface area contributed by atoms with Gasteiger partial charge in [-0.05, 0) is 30.9 Å². The fourth-order valence-corrected chi connectivity index (χ4v) is 3.14. The van der Waals surface area contributed by atoms with E-state index in [0.29, 0.717) is 16.0 Å². The third-order valence-corrected chi connectivity index (χ3v) is 3.98. The third-order valence-electron chi connectivity index (χ3n) is 3.32. The summed E-state index contributed by atoms with van der Waals surface area (Å²) in [5.41, 5.74) is 0.820. The molecule has 0 aliphatic heterocycles. The lowest BCUT2D eigenvalue weighted by Gasteiger charge is -2.19. The van der Waals surface area contributed by atoms with Crippen LogP contribution in [0.2, 0.25) is 10.0 Å². The predicted molar refractivity (Wildman–Crippen MR) is 66.8 cm³/mol. The van der Waals surface area contributed by atoms with Crippen molar-refractivity contribution < 1.29 is 0 Å². The average Bonchev–Trinajstić information content (AvgIpc) is 2.77. The van der Waals surface area contributed by atoms with Gasteiger partial charge in [-0.3, -0.25) is 0 Å². The molecule has 84 valence electrons. The summed E-state index contributed by atoms with van der Waals surface area (Å²) in [4.78, 5) is 0. The van der Waals surface area contributed by atoms with Gasteiger partial charge in [-0.1, -0.05) is 42.1 Å². The smallest absolute Gasteiger partial charge is 0.0770 e. The molecule has 2 rings (SSSR count). The Morgan fingerprint density at radius 3 is 2.25 bits per heavy atom. The lowest BCUT2D eigenvalue weighted by molar-refractivity contribution is 0.501. The Kier molecular flexibility index (Phi) is 3.74. The summed E-state index contributed by atoms with van der Waals surface area (Å²) < 4.78 is 0. The average molecular weight is 254 g/mol. The van der Waals surface area contributed by atoms with Crippen LogP contribution in [0.1, 0.15) is 37.2 Å². The lowest BCUT2D eigenvalue weighted by atomic mass is 9.86. The standard InChI is InChI=1S/C13H13Cl2N/c14-11-6-3-7-12(15)13(11)10(8-16)9-4-1-2-5-9/h3,6-7,9-10H,1-2,4-5H2. The van der Waals surface area contributed by atoms with Crippen LogP contribution in [0.15, 0.2) is 18.2 Å². The van der Waals surface area contributed by atoms with Crippen molar-refractivity contribution in [2.45, 2.75) is 31.6 Å². The molecule has 0 heterocycles. The van der Waals surface area contributed by atoms with Gasteiger partial charge in [-0.15, -0.1) is 0 Å². The quantitative estimate of drug-likeness (QED) is 0.744. The minimum absolute atomic E-state index is 0.149. The molecule has 0 amide bonds. The number of nitrogens with zero attached hydrogens (tertiary/aromatic N) is 1. The van der Waals surface area contributed by atoms with Crippen LogP contribution in [0.4, 0.5) is 0 Å². The van der Waals surface area contributed by atoms with E-state index in [1.807, 2.05) is 18.2 Å². The van der Waals surface area contributed by atoms with Crippen molar-refractivity contribution in [1.29, 1.82) is 5.26 Å². The molecule has 1 aromatic carbocycles. The highest BCUT2D eigenvalue weighted by Gasteiger charge is 2.29. The van der Waals surface area contributed by atoms with Crippen molar-refractivity contribution in [3.8, 4) is 6.07 Å². The largest absolute Gasteiger partial charge is 0.198 e. The Morgan fingerprint density at radius 1 is 1.19 bits per heavy atom. The molecule has 1 nitrogen and oxygen atoms in total. The maximum Gasteiger partial charge on any atom is 0.0770 e. The van der Waals surface area contributed by atoms with Gasteiger partial charge in [-0.2, -0.15) is 5.26 Å². The summed E-state index contributed by atoms with van der Waals surface area (Å²) in [6.07, 6.45) is 4.65. The van der Waals surface area contributed by atoms with Gasteiger partial charge in [0.25, 0.3) is 0 Å². The van der Waals surface area contributed by atoms with E-state index in [4.69, 9.17) is 23.2 Å². The number of rotatable bonds is 2. The minimum Gasteiger partial charge on any atom is -0.198 e. The molecule has 0 saturated heterocycles. The molecular formula is C13H13Cl2N. The number of halogens is 2. The molecule has 16 heavy (non-hydrogen) atoms. The number of hydrogen-bond donors (Lipinski definition) is 0. The summed E-state index contributed by atoms with van der Waals surface area (Å²) in [5.74, 6) is 0.270. The Balaban J connectivity index is 2.37. The molecule has 0 spiro atoms. The molecule has 0 bridgehead atoms. The molecule has 1 aliphatic rings. The van der Waals surface area contributed by atoms with Crippen LogP contribution in [-0.4, -0.2) is 0 Å². The van der Waals surface area contributed by atoms with Crippen LogP contribution in [0.25, 0.3) is 0 Å². The summed E-state index contributed by atoms with van der Waals surface area (Å²) in [7, 11) is 0. The van der Waals surface area contributed by atoms with Gasteiger partial charge in [0.2, 0.25) is 0 Å². The third kappa shape index (κ3) is 2.19. The number of benzene rings is 1. The zero-order valence-electron chi connectivity index (χ0n) is 8.92. The van der Waals surface area contributed by atoms with Gasteiger partial charge in [-0.25, -0.2) is 0 Å². The summed E-state index contributed by atoms with van der Waals surface area (Å²) in [6.45, 7) is 0. The van der Waals surface area contributed by atoms with Crippen LogP contribution in [0.3, 0.4) is 0 Å². The lowest BCUT2D eigenvalue weighted by Crippen LogP contribution is -2.08. The molecule has 1 unspecified atom stereocenters. The Labute approximate surface area is 106 Å². The molecular weight excluding hydrogens is 241 g/mol. The van der Waals surface area contributed by atoms with Crippen LogP contribution in [0.5, 0.6) is 0 Å². The van der Waals surface area contributed by atoms with Crippen molar-refractivity contribution in [3.05, 3.63) is 33.8 Å². The summed E-state index contributed by atoms with van der Waals surface area (Å²) >= 11 is 12.3. The minimum atomic E-state index is -0.149. The van der Waals surface area contributed by atoms with E-state index < -0.39 is 0 Å². The van der Waals surface area contributed by atoms with Crippen molar-refractivity contribution in [3.63, 3.8) is 0 Å². The molecule has 1 fully saturated rings. The van der Waals surface area contributed by atoms with Gasteiger partial charge < -0.3 is 0 Å². The summed E-state index contributed by atoms with van der Waals surface area (Å²) in [5, 5.41) is 10.6. The Bertz CT molecular complexity index is 396. The fraction of sp³-hybridized carbons (Fsp3) is 0.462. The van der Waals surface area contributed by atoms with Gasteiger partial charge in [0, 0.05) is 15.6 Å². The van der Waals surface area contributed by atoms with E-state index in [1.165, 1.54) is 12.8 Å². The molecule has 0 aromatic heterocycles. The second-order valence-corrected chi connectivity index (χ2v) is 5.10. The molecule has 0 radical (unpaired) electrons. The van der Waals surface area contributed by atoms with E-state index >= 15 is 0 Å². The van der Waals surface area contributed by atoms with Crippen LogP contribution in [0, 0.1) is 17.2 Å². The van der Waals surface area contributed by atoms with Crippen molar-refractivity contribution >= 4 is 23.2 Å². The first-order valence-electron chi connectivity index (χ1n) is 5.57. The van der Waals surface area contributed by atoms with E-state index in [-0.39, 0.29) is 5.92 Å². The van der Waals surface area contributed by atoms with E-state index in [1.54, 1.807) is 0 Å². The normalized spacial score (nSPS) is 18.3. The highest BCUT2D eigenvalue weighted by molar-refractivity contribution is 6.36. The first-order valence-corrected chi connectivity index (χ1v) is 6.33. The molecule has 1 aromatic rings. The maximum atomic E-state index is 9.32. The zero-order chi connectivity index (χ0) is 11.5. The topological polar surface area (TPSA) is 23.8 Å². The van der Waals surface area contributed by atoms with Gasteiger partial charge in [0.05, 0.1) is 12.0 Å². The van der Waals surface area contributed by atoms with Crippen molar-refractivity contribution in [2.75, 3.05) is 0 Å². The predicted octanol–water partition coefficient (Wildman–Crippen LogP) is 4.79. The van der Waals surface area contributed by atoms with Gasteiger partial charge in [0.1, 0.15) is 0 Å². The van der Waals surface area contributed by atoms with Crippen LogP contribution in [-0.2, 0) is 0 Å². The number of nitriles is 1. The monoisotopic (exact) mass is 253 g/mol. The van der Waals surface area contributed by atoms with Crippen LogP contribution < -0.4 is 0 Å². The van der Waals surface area contributed by atoms with Crippen molar-refractivity contribution in [2.24, 2.45) is 5.92 Å². The van der Waals surface area contributed by atoms with Crippen molar-refractivity contribution in [1.82, 2.24) is 0 Å². The number of hydrogen-bond acceptors (Lipinski definition) is 1. The molecule has 1 aliphatic carbocycles. The maximum absolute atomic E-state index is 9.32. The first kappa shape index (κ1) is 11.8. The molecule has 3 heteroatoms. The highest BCUT2D eigenvalue weighted by Crippen LogP contribution is 2.41. The Hall–Kier alpha value is -0.710. The van der Waals surface area contributed by atoms with E-state index in [2.05, 4.69) is 6.07 Å². The first-order chi connectivity index (χ1) is 7.74. The molecule has 0 N–H and O–H groups in total. The van der Waals surface area contributed by atoms with Gasteiger partial charge in [0.15, 0.2) is 0 Å². The van der Waals surface area contributed by atoms with Gasteiger partial charge >= 0.3 is 0 Å². The highest BCUT2D eigenvalue weighted by atomic mass is 35.5. The fourth-order valence-electron chi connectivity index (χ4n) is 2.50. The van der Waals surface area contributed by atoms with E-state index in [0.717, 1.165) is 18.4 Å². The van der Waals surface area contributed by atoms with Crippen LogP contribution >= 0.6 is 23.2 Å². The molecule has 1 saturated carbocycles. The SMILES string of the molecule is N#CC(c1c(Cl)cccc1Cl)C1CCCC1. The summed E-state index contributed by atoms with van der Waals surface area (Å²) in [6, 6.07) is 7.80. The second-order valence-electron chi connectivity index (χ2n) is 4.29.